The molecule has 0 aliphatic rings. The quantitative estimate of drug-likeness (QED) is 0.161. The summed E-state index contributed by atoms with van der Waals surface area (Å²) in [5, 5.41) is 7.91. The molecule has 188 valence electrons. The highest BCUT2D eigenvalue weighted by atomic mass is 16.4. The van der Waals surface area contributed by atoms with Crippen molar-refractivity contribution >= 4 is 5.97 Å². The van der Waals surface area contributed by atoms with Crippen molar-refractivity contribution in [2.75, 3.05) is 19.6 Å². The van der Waals surface area contributed by atoms with Crippen molar-refractivity contribution in [1.29, 1.82) is 0 Å². The Labute approximate surface area is 196 Å². The molecule has 3 heteroatoms. The second-order valence-corrected chi connectivity index (χ2v) is 9.29. The minimum atomic E-state index is -0.711. The first-order valence-corrected chi connectivity index (χ1v) is 14.1. The van der Waals surface area contributed by atoms with Crippen molar-refractivity contribution in [1.82, 2.24) is 4.90 Å². The number of carboxylic acid groups (broad SMARTS) is 1. The molecule has 0 fully saturated rings. The monoisotopic (exact) mass is 441 g/mol. The van der Waals surface area contributed by atoms with Gasteiger partial charge in [-0.3, -0.25) is 4.79 Å². The van der Waals surface area contributed by atoms with Gasteiger partial charge in [-0.1, -0.05) is 124 Å². The fraction of sp³-hybridized carbons (Fsp3) is 0.964. The van der Waals surface area contributed by atoms with Gasteiger partial charge in [-0.2, -0.15) is 0 Å². The number of hydrogen-bond acceptors (Lipinski definition) is 2. The molecule has 0 amide bonds. The molecule has 0 radical (unpaired) electrons. The van der Waals surface area contributed by atoms with E-state index >= 15 is 0 Å². The number of carboxylic acids is 1. The molecule has 0 aromatic heterocycles. The third-order valence-electron chi connectivity index (χ3n) is 5.95. The van der Waals surface area contributed by atoms with Crippen molar-refractivity contribution in [3.05, 3.63) is 0 Å². The fourth-order valence-corrected chi connectivity index (χ4v) is 3.90. The molecule has 0 aliphatic carbocycles. The molecule has 0 aromatic rings. The summed E-state index contributed by atoms with van der Waals surface area (Å²) in [6, 6.07) is 0. The second-order valence-electron chi connectivity index (χ2n) is 9.29. The molecular weight excluding hydrogens is 382 g/mol. The molecule has 0 bridgehead atoms. The average Bonchev–Trinajstić information content (AvgIpc) is 2.75. The summed E-state index contributed by atoms with van der Waals surface area (Å²) in [6.07, 6.45) is 26.7. The van der Waals surface area contributed by atoms with Crippen LogP contribution in [-0.2, 0) is 4.79 Å². The Hall–Kier alpha value is -0.570. The maximum Gasteiger partial charge on any atom is 0.303 e. The van der Waals surface area contributed by atoms with Crippen LogP contribution in [0.2, 0.25) is 0 Å². The number of aliphatic carboxylic acids is 1. The van der Waals surface area contributed by atoms with E-state index in [0.29, 0.717) is 6.42 Å². The number of nitrogens with zero attached hydrogens (tertiary/aromatic N) is 1. The average molecular weight is 442 g/mol. The van der Waals surface area contributed by atoms with Crippen LogP contribution >= 0.6 is 0 Å². The predicted octanol–water partition coefficient (Wildman–Crippen LogP) is 9.24. The van der Waals surface area contributed by atoms with Gasteiger partial charge in [0, 0.05) is 6.42 Å². The van der Waals surface area contributed by atoms with E-state index in [0.717, 1.165) is 6.42 Å². The maximum absolute atomic E-state index is 9.60. The summed E-state index contributed by atoms with van der Waals surface area (Å²) < 4.78 is 0. The van der Waals surface area contributed by atoms with Crippen LogP contribution in [0.15, 0.2) is 0 Å². The lowest BCUT2D eigenvalue weighted by Crippen LogP contribution is -2.27. The molecule has 0 atom stereocenters. The lowest BCUT2D eigenvalue weighted by molar-refractivity contribution is -0.137. The van der Waals surface area contributed by atoms with Gasteiger partial charge in [0.05, 0.1) is 0 Å². The Morgan fingerprint density at radius 1 is 0.484 bits per heavy atom. The molecule has 3 nitrogen and oxygen atoms in total. The van der Waals surface area contributed by atoms with E-state index in [1.165, 1.54) is 135 Å². The van der Waals surface area contributed by atoms with Crippen molar-refractivity contribution < 1.29 is 9.90 Å². The number of carbonyl (C=O) groups is 1. The van der Waals surface area contributed by atoms with Crippen LogP contribution in [-0.4, -0.2) is 35.6 Å². The van der Waals surface area contributed by atoms with Gasteiger partial charge in [-0.05, 0) is 45.3 Å². The first-order chi connectivity index (χ1) is 15.1. The Balaban J connectivity index is 0. The van der Waals surface area contributed by atoms with E-state index in [1.807, 2.05) is 6.92 Å². The zero-order valence-corrected chi connectivity index (χ0v) is 22.1. The normalized spacial score (nSPS) is 10.9. The van der Waals surface area contributed by atoms with E-state index in [9.17, 15) is 4.79 Å². The third kappa shape index (κ3) is 31.7. The summed E-state index contributed by atoms with van der Waals surface area (Å²) in [5.41, 5.74) is 0. The Bertz CT molecular complexity index is 295. The molecule has 0 saturated heterocycles. The van der Waals surface area contributed by atoms with Crippen LogP contribution in [0.5, 0.6) is 0 Å². The minimum absolute atomic E-state index is 0.292. The number of unbranched alkanes of at least 4 members (excludes halogenated alkanes) is 15. The summed E-state index contributed by atoms with van der Waals surface area (Å²) >= 11 is 0. The van der Waals surface area contributed by atoms with E-state index in [1.54, 1.807) is 0 Å². The molecule has 31 heavy (non-hydrogen) atoms. The summed E-state index contributed by atoms with van der Waals surface area (Å²) in [5.74, 6) is -0.711. The van der Waals surface area contributed by atoms with E-state index in [-0.39, 0.29) is 0 Å². The summed E-state index contributed by atoms with van der Waals surface area (Å²) in [4.78, 5) is 12.4. The van der Waals surface area contributed by atoms with Gasteiger partial charge in [-0.25, -0.2) is 0 Å². The molecule has 0 saturated carbocycles. The molecule has 0 spiro atoms. The Morgan fingerprint density at radius 3 is 1.00 bits per heavy atom. The molecule has 0 aromatic carbocycles. The van der Waals surface area contributed by atoms with Crippen LogP contribution in [0.1, 0.15) is 156 Å². The van der Waals surface area contributed by atoms with Gasteiger partial charge >= 0.3 is 5.97 Å². The van der Waals surface area contributed by atoms with Gasteiger partial charge < -0.3 is 10.0 Å². The summed E-state index contributed by atoms with van der Waals surface area (Å²) in [6.45, 7) is 12.8. The standard InChI is InChI=1S/C24H51N.C4H8O2/c1-4-7-10-13-16-19-22-25(23-20-17-14-11-8-5-2)24-21-18-15-12-9-6-3;1-2-3-4(5)6/h4-24H2,1-3H3;2-3H2,1H3,(H,5,6). The molecular formula is C28H59NO2. The van der Waals surface area contributed by atoms with Crippen molar-refractivity contribution in [2.24, 2.45) is 0 Å². The van der Waals surface area contributed by atoms with E-state index in [4.69, 9.17) is 5.11 Å². The molecule has 0 unspecified atom stereocenters. The number of hydrogen-bond donors (Lipinski definition) is 1. The van der Waals surface area contributed by atoms with E-state index in [2.05, 4.69) is 25.7 Å². The maximum atomic E-state index is 9.60. The van der Waals surface area contributed by atoms with Crippen LogP contribution < -0.4 is 0 Å². The molecule has 0 aliphatic heterocycles. The van der Waals surface area contributed by atoms with Gasteiger partial charge in [0.1, 0.15) is 0 Å². The van der Waals surface area contributed by atoms with Gasteiger partial charge in [0.15, 0.2) is 0 Å². The van der Waals surface area contributed by atoms with E-state index < -0.39 is 5.97 Å². The van der Waals surface area contributed by atoms with Crippen molar-refractivity contribution in [2.45, 2.75) is 156 Å². The lowest BCUT2D eigenvalue weighted by atomic mass is 10.1. The molecule has 1 N–H and O–H groups in total. The smallest absolute Gasteiger partial charge is 0.303 e. The highest BCUT2D eigenvalue weighted by Gasteiger charge is 2.05. The van der Waals surface area contributed by atoms with Crippen LogP contribution in [0, 0.1) is 0 Å². The predicted molar refractivity (Wildman–Crippen MR) is 139 cm³/mol. The highest BCUT2D eigenvalue weighted by Crippen LogP contribution is 2.11. The minimum Gasteiger partial charge on any atom is -0.481 e. The fourth-order valence-electron chi connectivity index (χ4n) is 3.90. The van der Waals surface area contributed by atoms with Gasteiger partial charge in [-0.15, -0.1) is 0 Å². The Kier molecular flexibility index (Phi) is 31.0. The first kappa shape index (κ1) is 32.6. The van der Waals surface area contributed by atoms with Crippen molar-refractivity contribution in [3.8, 4) is 0 Å². The Morgan fingerprint density at radius 2 is 0.774 bits per heavy atom. The lowest BCUT2D eigenvalue weighted by Gasteiger charge is -2.22. The summed E-state index contributed by atoms with van der Waals surface area (Å²) in [7, 11) is 0. The zero-order chi connectivity index (χ0) is 23.4. The molecule has 0 rings (SSSR count). The van der Waals surface area contributed by atoms with Gasteiger partial charge in [0.2, 0.25) is 0 Å². The zero-order valence-electron chi connectivity index (χ0n) is 22.1. The van der Waals surface area contributed by atoms with Crippen LogP contribution in [0.25, 0.3) is 0 Å². The first-order valence-electron chi connectivity index (χ1n) is 14.1. The molecule has 0 heterocycles. The van der Waals surface area contributed by atoms with Crippen LogP contribution in [0.4, 0.5) is 0 Å². The number of rotatable bonds is 23. The van der Waals surface area contributed by atoms with Gasteiger partial charge in [0.25, 0.3) is 0 Å². The SMILES string of the molecule is CCCC(=O)O.CCCCCCCCN(CCCCCCCC)CCCCCCCC. The van der Waals surface area contributed by atoms with Crippen LogP contribution in [0.3, 0.4) is 0 Å². The highest BCUT2D eigenvalue weighted by molar-refractivity contribution is 5.66. The third-order valence-corrected chi connectivity index (χ3v) is 5.95. The largest absolute Gasteiger partial charge is 0.481 e. The topological polar surface area (TPSA) is 40.5 Å². The van der Waals surface area contributed by atoms with Crippen molar-refractivity contribution in [3.63, 3.8) is 0 Å². The second kappa shape index (κ2) is 29.4.